The van der Waals surface area contributed by atoms with Crippen LogP contribution >= 0.6 is 11.3 Å². The molecular weight excluding hydrogens is 290 g/mol. The molecule has 0 radical (unpaired) electrons. The van der Waals surface area contributed by atoms with Gasteiger partial charge in [0.1, 0.15) is 11.5 Å². The van der Waals surface area contributed by atoms with E-state index in [0.29, 0.717) is 5.13 Å². The van der Waals surface area contributed by atoms with E-state index in [9.17, 15) is 9.90 Å². The van der Waals surface area contributed by atoms with Gasteiger partial charge in [-0.3, -0.25) is 10.1 Å². The van der Waals surface area contributed by atoms with E-state index in [1.54, 1.807) is 19.2 Å². The van der Waals surface area contributed by atoms with Gasteiger partial charge in [-0.05, 0) is 30.3 Å². The van der Waals surface area contributed by atoms with Gasteiger partial charge in [-0.25, -0.2) is 9.97 Å². The van der Waals surface area contributed by atoms with Crippen LogP contribution in [0.25, 0.3) is 10.2 Å². The normalized spacial score (nSPS) is 10.5. The number of nitrogens with one attached hydrogen (secondary N) is 1. The molecule has 3 rings (SSSR count). The van der Waals surface area contributed by atoms with E-state index in [1.165, 1.54) is 23.6 Å². The second-order valence-electron chi connectivity index (χ2n) is 4.18. The average molecular weight is 301 g/mol. The Bertz CT molecular complexity index is 816. The summed E-state index contributed by atoms with van der Waals surface area (Å²) in [5, 5.41) is 12.7. The number of anilines is 1. The Balaban J connectivity index is 1.88. The lowest BCUT2D eigenvalue weighted by atomic mass is 10.3. The summed E-state index contributed by atoms with van der Waals surface area (Å²) in [5.41, 5.74) is 0.732. The molecule has 1 amide bonds. The van der Waals surface area contributed by atoms with Crippen LogP contribution in [0.5, 0.6) is 11.5 Å². The van der Waals surface area contributed by atoms with Crippen LogP contribution in [0.3, 0.4) is 0 Å². The van der Waals surface area contributed by atoms with E-state index < -0.39 is 5.91 Å². The summed E-state index contributed by atoms with van der Waals surface area (Å²) < 4.78 is 6.04. The summed E-state index contributed by atoms with van der Waals surface area (Å²) in [7, 11) is 1.59. The van der Waals surface area contributed by atoms with Gasteiger partial charge in [-0.15, -0.1) is 0 Å². The Hall–Kier alpha value is -2.67. The molecule has 0 aliphatic rings. The van der Waals surface area contributed by atoms with Crippen molar-refractivity contribution >= 4 is 32.6 Å². The molecule has 0 bridgehead atoms. The third-order valence-corrected chi connectivity index (χ3v) is 3.75. The molecule has 0 aliphatic heterocycles. The van der Waals surface area contributed by atoms with E-state index in [2.05, 4.69) is 15.3 Å². The van der Waals surface area contributed by atoms with Crippen LogP contribution < -0.4 is 10.1 Å². The Labute approximate surface area is 124 Å². The van der Waals surface area contributed by atoms with Crippen molar-refractivity contribution in [3.8, 4) is 11.5 Å². The van der Waals surface area contributed by atoms with Crippen molar-refractivity contribution in [3.05, 3.63) is 42.2 Å². The van der Waals surface area contributed by atoms with Gasteiger partial charge in [0.05, 0.1) is 17.3 Å². The number of rotatable bonds is 3. The molecule has 0 atom stereocenters. The molecule has 6 nitrogen and oxygen atoms in total. The van der Waals surface area contributed by atoms with Gasteiger partial charge in [0, 0.05) is 6.20 Å². The Morgan fingerprint density at radius 1 is 1.38 bits per heavy atom. The average Bonchev–Trinajstić information content (AvgIpc) is 2.88. The topological polar surface area (TPSA) is 84.3 Å². The van der Waals surface area contributed by atoms with E-state index in [4.69, 9.17) is 4.74 Å². The number of ether oxygens (including phenoxy) is 1. The minimum absolute atomic E-state index is 0.0330. The fraction of sp³-hybridized carbons (Fsp3) is 0.0714. The third-order valence-electron chi connectivity index (χ3n) is 2.82. The first kappa shape index (κ1) is 13.3. The molecule has 0 fully saturated rings. The predicted molar refractivity (Wildman–Crippen MR) is 80.0 cm³/mol. The number of aromatic nitrogens is 2. The summed E-state index contributed by atoms with van der Waals surface area (Å²) in [4.78, 5) is 20.2. The molecule has 3 aromatic rings. The predicted octanol–water partition coefficient (Wildman–Crippen LogP) is 2.66. The number of thiazole rings is 1. The number of carbonyl (C=O) groups is 1. The van der Waals surface area contributed by atoms with Crippen molar-refractivity contribution in [2.75, 3.05) is 12.4 Å². The minimum atomic E-state index is -0.501. The van der Waals surface area contributed by atoms with Gasteiger partial charge < -0.3 is 9.84 Å². The SMILES string of the molecule is COc1ccc2nc(NC(=O)c3ncccc3O)sc2c1. The maximum absolute atomic E-state index is 12.0. The molecule has 21 heavy (non-hydrogen) atoms. The molecule has 0 saturated carbocycles. The molecular formula is C14H11N3O3S. The van der Waals surface area contributed by atoms with Crippen LogP contribution in [-0.2, 0) is 0 Å². The first-order valence-electron chi connectivity index (χ1n) is 6.07. The highest BCUT2D eigenvalue weighted by atomic mass is 32.1. The van der Waals surface area contributed by atoms with E-state index in [0.717, 1.165) is 16.0 Å². The van der Waals surface area contributed by atoms with Gasteiger partial charge >= 0.3 is 0 Å². The highest BCUT2D eigenvalue weighted by Gasteiger charge is 2.14. The number of hydrogen-bond acceptors (Lipinski definition) is 6. The van der Waals surface area contributed by atoms with Crippen molar-refractivity contribution in [1.29, 1.82) is 0 Å². The Kier molecular flexibility index (Phi) is 3.41. The molecule has 0 saturated heterocycles. The van der Waals surface area contributed by atoms with Crippen LogP contribution in [0.4, 0.5) is 5.13 Å². The van der Waals surface area contributed by atoms with Gasteiger partial charge in [-0.2, -0.15) is 0 Å². The monoisotopic (exact) mass is 301 g/mol. The largest absolute Gasteiger partial charge is 0.505 e. The fourth-order valence-electron chi connectivity index (χ4n) is 1.81. The molecule has 106 valence electrons. The number of hydrogen-bond donors (Lipinski definition) is 2. The molecule has 7 heteroatoms. The Morgan fingerprint density at radius 2 is 2.24 bits per heavy atom. The third kappa shape index (κ3) is 2.63. The maximum atomic E-state index is 12.0. The minimum Gasteiger partial charge on any atom is -0.505 e. The standard InChI is InChI=1S/C14H11N3O3S/c1-20-8-4-5-9-11(7-8)21-14(16-9)17-13(19)12-10(18)3-2-6-15-12/h2-7,18H,1H3,(H,16,17,19). The van der Waals surface area contributed by atoms with Crippen molar-refractivity contribution in [1.82, 2.24) is 9.97 Å². The number of pyridine rings is 1. The maximum Gasteiger partial charge on any atom is 0.279 e. The van der Waals surface area contributed by atoms with Gasteiger partial charge in [0.2, 0.25) is 0 Å². The van der Waals surface area contributed by atoms with Crippen LogP contribution in [0.1, 0.15) is 10.5 Å². The molecule has 0 spiro atoms. The van der Waals surface area contributed by atoms with Crippen LogP contribution in [0.2, 0.25) is 0 Å². The number of amides is 1. The fourth-order valence-corrected chi connectivity index (χ4v) is 2.70. The van der Waals surface area contributed by atoms with Gasteiger partial charge in [0.15, 0.2) is 10.8 Å². The molecule has 2 N–H and O–H groups in total. The van der Waals surface area contributed by atoms with Crippen molar-refractivity contribution in [2.45, 2.75) is 0 Å². The molecule has 2 aromatic heterocycles. The van der Waals surface area contributed by atoms with E-state index >= 15 is 0 Å². The van der Waals surface area contributed by atoms with Crippen molar-refractivity contribution in [3.63, 3.8) is 0 Å². The first-order chi connectivity index (χ1) is 10.2. The Morgan fingerprint density at radius 3 is 3.00 bits per heavy atom. The summed E-state index contributed by atoms with van der Waals surface area (Å²) in [5.74, 6) is 0.0586. The summed E-state index contributed by atoms with van der Waals surface area (Å²) in [6, 6.07) is 8.43. The lowest BCUT2D eigenvalue weighted by Crippen LogP contribution is -2.13. The van der Waals surface area contributed by atoms with Crippen molar-refractivity contribution < 1.29 is 14.6 Å². The van der Waals surface area contributed by atoms with Gasteiger partial charge in [-0.1, -0.05) is 11.3 Å². The second kappa shape index (κ2) is 5.37. The van der Waals surface area contributed by atoms with Crippen LogP contribution in [-0.4, -0.2) is 28.1 Å². The molecule has 0 aliphatic carbocycles. The quantitative estimate of drug-likeness (QED) is 0.777. The highest BCUT2D eigenvalue weighted by molar-refractivity contribution is 7.22. The zero-order valence-corrected chi connectivity index (χ0v) is 11.8. The van der Waals surface area contributed by atoms with Crippen molar-refractivity contribution in [2.24, 2.45) is 0 Å². The zero-order chi connectivity index (χ0) is 14.8. The number of benzene rings is 1. The lowest BCUT2D eigenvalue weighted by molar-refractivity contribution is 0.101. The number of fused-ring (bicyclic) bond motifs is 1. The number of carbonyl (C=O) groups excluding carboxylic acids is 1. The number of aromatic hydroxyl groups is 1. The number of nitrogens with zero attached hydrogens (tertiary/aromatic N) is 2. The van der Waals surface area contributed by atoms with E-state index in [1.807, 2.05) is 12.1 Å². The smallest absolute Gasteiger partial charge is 0.279 e. The van der Waals surface area contributed by atoms with E-state index in [-0.39, 0.29) is 11.4 Å². The molecule has 1 aromatic carbocycles. The zero-order valence-electron chi connectivity index (χ0n) is 11.0. The van der Waals surface area contributed by atoms with Gasteiger partial charge in [0.25, 0.3) is 5.91 Å². The first-order valence-corrected chi connectivity index (χ1v) is 6.89. The van der Waals surface area contributed by atoms with Crippen LogP contribution in [0, 0.1) is 0 Å². The number of methoxy groups -OCH3 is 1. The summed E-state index contributed by atoms with van der Waals surface area (Å²) in [6.45, 7) is 0. The summed E-state index contributed by atoms with van der Waals surface area (Å²) >= 11 is 1.32. The van der Waals surface area contributed by atoms with Crippen LogP contribution in [0.15, 0.2) is 36.5 Å². The molecule has 0 unspecified atom stereocenters. The highest BCUT2D eigenvalue weighted by Crippen LogP contribution is 2.29. The lowest BCUT2D eigenvalue weighted by Gasteiger charge is -2.01. The molecule has 2 heterocycles. The summed E-state index contributed by atoms with van der Waals surface area (Å²) in [6.07, 6.45) is 1.44. The second-order valence-corrected chi connectivity index (χ2v) is 5.21.